The Morgan fingerprint density at radius 2 is 2.12 bits per heavy atom. The highest BCUT2D eigenvalue weighted by atomic mass is 32.2. The van der Waals surface area contributed by atoms with E-state index in [1.165, 1.54) is 18.9 Å². The third kappa shape index (κ3) is 3.21. The molecule has 6 nitrogen and oxygen atoms in total. The Labute approximate surface area is 143 Å². The first-order valence-electron chi connectivity index (χ1n) is 7.36. The molecule has 0 spiro atoms. The summed E-state index contributed by atoms with van der Waals surface area (Å²) in [6.07, 6.45) is 1.63. The second kappa shape index (κ2) is 6.92. The Balaban J connectivity index is 2.09. The minimum Gasteiger partial charge on any atom is -0.469 e. The second-order valence-corrected chi connectivity index (χ2v) is 6.18. The van der Waals surface area contributed by atoms with Crippen LogP contribution in [0.3, 0.4) is 0 Å². The summed E-state index contributed by atoms with van der Waals surface area (Å²) < 4.78 is 12.0. The highest BCUT2D eigenvalue weighted by molar-refractivity contribution is 7.99. The molecule has 0 N–H and O–H groups in total. The number of rotatable bonds is 5. The molecule has 0 aliphatic heterocycles. The van der Waals surface area contributed by atoms with Gasteiger partial charge in [-0.1, -0.05) is 23.9 Å². The van der Waals surface area contributed by atoms with Crippen molar-refractivity contribution in [2.24, 2.45) is 0 Å². The quantitative estimate of drug-likeness (QED) is 0.522. The van der Waals surface area contributed by atoms with Crippen LogP contribution in [0.4, 0.5) is 0 Å². The molecule has 0 amide bonds. The highest BCUT2D eigenvalue weighted by Gasteiger charge is 2.19. The maximum Gasteiger partial charge on any atom is 0.316 e. The summed E-state index contributed by atoms with van der Waals surface area (Å²) in [7, 11) is 1.37. The first-order valence-corrected chi connectivity index (χ1v) is 8.35. The van der Waals surface area contributed by atoms with Gasteiger partial charge in [0.25, 0.3) is 0 Å². The number of hydrogen-bond acceptors (Lipinski definition) is 6. The van der Waals surface area contributed by atoms with Crippen molar-refractivity contribution in [3.8, 4) is 17.1 Å². The molecule has 0 unspecified atom stereocenters. The van der Waals surface area contributed by atoms with Crippen molar-refractivity contribution in [1.82, 2.24) is 14.8 Å². The van der Waals surface area contributed by atoms with Crippen molar-refractivity contribution < 1.29 is 13.9 Å². The number of furan rings is 1. The lowest BCUT2D eigenvalue weighted by atomic mass is 10.2. The highest BCUT2D eigenvalue weighted by Crippen LogP contribution is 2.30. The first-order chi connectivity index (χ1) is 11.6. The van der Waals surface area contributed by atoms with E-state index in [1.54, 1.807) is 6.26 Å². The van der Waals surface area contributed by atoms with E-state index in [1.807, 2.05) is 48.7 Å². The molecule has 0 fully saturated rings. The van der Waals surface area contributed by atoms with E-state index in [-0.39, 0.29) is 11.7 Å². The average molecular weight is 343 g/mol. The molecule has 1 aromatic carbocycles. The molecule has 0 bridgehead atoms. The lowest BCUT2D eigenvalue weighted by Gasteiger charge is -2.10. The molecular formula is C17H17N3O3S. The SMILES string of the molecule is COC(=O)CSc1nnc(-c2ccoc2C)n1-c1cccc(C)c1. The lowest BCUT2D eigenvalue weighted by Crippen LogP contribution is -2.05. The van der Waals surface area contributed by atoms with Gasteiger partial charge in [-0.05, 0) is 37.6 Å². The summed E-state index contributed by atoms with van der Waals surface area (Å²) in [5, 5.41) is 9.19. The molecule has 0 atom stereocenters. The van der Waals surface area contributed by atoms with Gasteiger partial charge in [-0.2, -0.15) is 0 Å². The molecule has 3 rings (SSSR count). The fraction of sp³-hybridized carbons (Fsp3) is 0.235. The Kier molecular flexibility index (Phi) is 4.71. The van der Waals surface area contributed by atoms with Gasteiger partial charge in [0.15, 0.2) is 11.0 Å². The number of nitrogens with zero attached hydrogens (tertiary/aromatic N) is 3. The summed E-state index contributed by atoms with van der Waals surface area (Å²) in [4.78, 5) is 11.5. The van der Waals surface area contributed by atoms with Crippen LogP contribution in [-0.4, -0.2) is 33.6 Å². The predicted molar refractivity (Wildman–Crippen MR) is 91.3 cm³/mol. The first kappa shape index (κ1) is 16.3. The van der Waals surface area contributed by atoms with Crippen molar-refractivity contribution >= 4 is 17.7 Å². The summed E-state index contributed by atoms with van der Waals surface area (Å²) in [5.74, 6) is 1.31. The minimum absolute atomic E-state index is 0.171. The van der Waals surface area contributed by atoms with Gasteiger partial charge in [0.2, 0.25) is 0 Å². The third-order valence-corrected chi connectivity index (χ3v) is 4.44. The van der Waals surface area contributed by atoms with Gasteiger partial charge in [-0.25, -0.2) is 0 Å². The van der Waals surface area contributed by atoms with E-state index in [2.05, 4.69) is 10.2 Å². The smallest absolute Gasteiger partial charge is 0.316 e. The van der Waals surface area contributed by atoms with Crippen LogP contribution < -0.4 is 0 Å². The van der Waals surface area contributed by atoms with Gasteiger partial charge in [-0.15, -0.1) is 10.2 Å². The van der Waals surface area contributed by atoms with E-state index in [0.29, 0.717) is 11.0 Å². The van der Waals surface area contributed by atoms with Crippen LogP contribution in [0.15, 0.2) is 46.2 Å². The fourth-order valence-electron chi connectivity index (χ4n) is 2.34. The number of methoxy groups -OCH3 is 1. The summed E-state index contributed by atoms with van der Waals surface area (Å²) >= 11 is 1.29. The molecule has 3 aromatic rings. The number of ether oxygens (including phenoxy) is 1. The lowest BCUT2D eigenvalue weighted by molar-refractivity contribution is -0.137. The zero-order valence-corrected chi connectivity index (χ0v) is 14.5. The minimum atomic E-state index is -0.306. The van der Waals surface area contributed by atoms with Crippen molar-refractivity contribution in [2.75, 3.05) is 12.9 Å². The zero-order valence-electron chi connectivity index (χ0n) is 13.6. The molecule has 0 aliphatic rings. The molecule has 2 aromatic heterocycles. The van der Waals surface area contributed by atoms with Gasteiger partial charge in [-0.3, -0.25) is 9.36 Å². The standard InChI is InChI=1S/C17H17N3O3S/c1-11-5-4-6-13(9-11)20-16(14-7-8-23-12(14)2)18-19-17(20)24-10-15(21)22-3/h4-9H,10H2,1-3H3. The average Bonchev–Trinajstić information content (AvgIpc) is 3.18. The number of aromatic nitrogens is 3. The van der Waals surface area contributed by atoms with Gasteiger partial charge in [0.1, 0.15) is 5.76 Å². The van der Waals surface area contributed by atoms with Crippen LogP contribution >= 0.6 is 11.8 Å². The molecule has 0 saturated carbocycles. The summed E-state index contributed by atoms with van der Waals surface area (Å²) in [5.41, 5.74) is 2.93. The molecule has 0 radical (unpaired) electrons. The number of aryl methyl sites for hydroxylation is 2. The Morgan fingerprint density at radius 1 is 1.29 bits per heavy atom. The van der Waals surface area contributed by atoms with Crippen LogP contribution in [0.25, 0.3) is 17.1 Å². The van der Waals surface area contributed by atoms with Crippen LogP contribution in [-0.2, 0) is 9.53 Å². The zero-order chi connectivity index (χ0) is 17.1. The number of esters is 1. The van der Waals surface area contributed by atoms with Crippen LogP contribution in [0.5, 0.6) is 0 Å². The largest absolute Gasteiger partial charge is 0.469 e. The number of benzene rings is 1. The van der Waals surface area contributed by atoms with E-state index >= 15 is 0 Å². The summed E-state index contributed by atoms with van der Waals surface area (Å²) in [6.45, 7) is 3.91. The normalized spacial score (nSPS) is 10.8. The van der Waals surface area contributed by atoms with Crippen molar-refractivity contribution in [1.29, 1.82) is 0 Å². The molecule has 0 aliphatic carbocycles. The monoisotopic (exact) mass is 343 g/mol. The van der Waals surface area contributed by atoms with Gasteiger partial charge in [0.05, 0.1) is 24.7 Å². The molecule has 0 saturated heterocycles. The second-order valence-electron chi connectivity index (χ2n) is 5.24. The third-order valence-electron chi connectivity index (χ3n) is 3.54. The molecular weight excluding hydrogens is 326 g/mol. The number of hydrogen-bond donors (Lipinski definition) is 0. The maximum absolute atomic E-state index is 11.5. The predicted octanol–water partition coefficient (Wildman–Crippen LogP) is 3.41. The van der Waals surface area contributed by atoms with E-state index < -0.39 is 0 Å². The van der Waals surface area contributed by atoms with E-state index in [9.17, 15) is 4.79 Å². The van der Waals surface area contributed by atoms with E-state index in [4.69, 9.17) is 9.15 Å². The van der Waals surface area contributed by atoms with Gasteiger partial charge < -0.3 is 9.15 Å². The van der Waals surface area contributed by atoms with Crippen LogP contribution in [0.2, 0.25) is 0 Å². The number of carbonyl (C=O) groups excluding carboxylic acids is 1. The van der Waals surface area contributed by atoms with Crippen molar-refractivity contribution in [3.63, 3.8) is 0 Å². The van der Waals surface area contributed by atoms with Crippen LogP contribution in [0.1, 0.15) is 11.3 Å². The van der Waals surface area contributed by atoms with Crippen molar-refractivity contribution in [3.05, 3.63) is 47.9 Å². The Bertz CT molecular complexity index is 870. The Morgan fingerprint density at radius 3 is 2.79 bits per heavy atom. The number of carbonyl (C=O) groups is 1. The topological polar surface area (TPSA) is 70.2 Å². The van der Waals surface area contributed by atoms with Gasteiger partial charge >= 0.3 is 5.97 Å². The Hall–Kier alpha value is -2.54. The van der Waals surface area contributed by atoms with Gasteiger partial charge in [0, 0.05) is 5.69 Å². The molecule has 2 heterocycles. The van der Waals surface area contributed by atoms with Crippen LogP contribution in [0, 0.1) is 13.8 Å². The molecule has 7 heteroatoms. The molecule has 124 valence electrons. The maximum atomic E-state index is 11.5. The van der Waals surface area contributed by atoms with E-state index in [0.717, 1.165) is 22.6 Å². The molecule has 24 heavy (non-hydrogen) atoms. The number of thioether (sulfide) groups is 1. The fourth-order valence-corrected chi connectivity index (χ4v) is 3.12. The summed E-state index contributed by atoms with van der Waals surface area (Å²) in [6, 6.07) is 9.89. The van der Waals surface area contributed by atoms with Crippen molar-refractivity contribution in [2.45, 2.75) is 19.0 Å².